The number of hydrogen-bond donors (Lipinski definition) is 1. The number of nitrogens with one attached hydrogen (secondary N) is 1. The number of rotatable bonds is 6. The Bertz CT molecular complexity index is 949. The highest BCUT2D eigenvalue weighted by Crippen LogP contribution is 2.23. The first-order valence-electron chi connectivity index (χ1n) is 8.68. The van der Waals surface area contributed by atoms with Crippen molar-refractivity contribution in [2.24, 2.45) is 0 Å². The number of anilines is 1. The standard InChI is InChI=1S/C21H22ClN3O2/c1-14-21(23-20(26)12-16-8-10-18(27-3)11-9-16)15(2)25(24-14)13-17-6-4-5-7-19(17)22/h4-11H,12-13H2,1-3H3,(H,23,26). The van der Waals surface area contributed by atoms with Crippen molar-refractivity contribution in [3.63, 3.8) is 0 Å². The van der Waals surface area contributed by atoms with Crippen LogP contribution in [0.3, 0.4) is 0 Å². The summed E-state index contributed by atoms with van der Waals surface area (Å²) in [4.78, 5) is 12.5. The van der Waals surface area contributed by atoms with Gasteiger partial charge in [-0.2, -0.15) is 5.10 Å². The van der Waals surface area contributed by atoms with Crippen LogP contribution in [0, 0.1) is 13.8 Å². The molecule has 3 rings (SSSR count). The van der Waals surface area contributed by atoms with E-state index in [0.29, 0.717) is 18.0 Å². The van der Waals surface area contributed by atoms with Crippen LogP contribution in [0.4, 0.5) is 5.69 Å². The average Bonchev–Trinajstić information content (AvgIpc) is 2.91. The third-order valence-electron chi connectivity index (χ3n) is 4.45. The quantitative estimate of drug-likeness (QED) is 0.686. The maximum Gasteiger partial charge on any atom is 0.228 e. The van der Waals surface area contributed by atoms with Gasteiger partial charge in [0.05, 0.1) is 37.2 Å². The Balaban J connectivity index is 1.72. The number of aryl methyl sites for hydroxylation is 1. The Morgan fingerprint density at radius 2 is 1.85 bits per heavy atom. The largest absolute Gasteiger partial charge is 0.497 e. The van der Waals surface area contributed by atoms with E-state index in [1.807, 2.05) is 67.1 Å². The minimum Gasteiger partial charge on any atom is -0.497 e. The summed E-state index contributed by atoms with van der Waals surface area (Å²) in [7, 11) is 1.62. The molecule has 5 nitrogen and oxygen atoms in total. The molecule has 140 valence electrons. The van der Waals surface area contributed by atoms with E-state index in [-0.39, 0.29) is 5.91 Å². The fourth-order valence-corrected chi connectivity index (χ4v) is 3.13. The lowest BCUT2D eigenvalue weighted by Crippen LogP contribution is -2.15. The van der Waals surface area contributed by atoms with Gasteiger partial charge in [-0.05, 0) is 43.2 Å². The Morgan fingerprint density at radius 3 is 2.52 bits per heavy atom. The molecule has 2 aromatic carbocycles. The van der Waals surface area contributed by atoms with E-state index in [4.69, 9.17) is 16.3 Å². The van der Waals surface area contributed by atoms with Crippen LogP contribution in [-0.2, 0) is 17.8 Å². The number of carbonyl (C=O) groups is 1. The number of halogens is 1. The van der Waals surface area contributed by atoms with Crippen LogP contribution in [0.1, 0.15) is 22.5 Å². The number of amides is 1. The minimum atomic E-state index is -0.0799. The zero-order valence-electron chi connectivity index (χ0n) is 15.6. The Labute approximate surface area is 163 Å². The highest BCUT2D eigenvalue weighted by atomic mass is 35.5. The Kier molecular flexibility index (Phi) is 5.81. The maximum absolute atomic E-state index is 12.5. The Hall–Kier alpha value is -2.79. The number of benzene rings is 2. The van der Waals surface area contributed by atoms with Crippen molar-refractivity contribution in [1.29, 1.82) is 0 Å². The van der Waals surface area contributed by atoms with Gasteiger partial charge in [0.15, 0.2) is 0 Å². The second-order valence-corrected chi connectivity index (χ2v) is 6.78. The van der Waals surface area contributed by atoms with Crippen molar-refractivity contribution in [3.8, 4) is 5.75 Å². The van der Waals surface area contributed by atoms with Gasteiger partial charge in [-0.15, -0.1) is 0 Å². The second-order valence-electron chi connectivity index (χ2n) is 6.37. The second kappa shape index (κ2) is 8.27. The number of hydrogen-bond acceptors (Lipinski definition) is 3. The molecule has 0 spiro atoms. The van der Waals surface area contributed by atoms with Crippen LogP contribution < -0.4 is 10.1 Å². The third-order valence-corrected chi connectivity index (χ3v) is 4.82. The van der Waals surface area contributed by atoms with Gasteiger partial charge in [-0.25, -0.2) is 0 Å². The van der Waals surface area contributed by atoms with Crippen molar-refractivity contribution < 1.29 is 9.53 Å². The molecule has 1 heterocycles. The summed E-state index contributed by atoms with van der Waals surface area (Å²) in [5.41, 5.74) is 4.34. The molecule has 3 aromatic rings. The lowest BCUT2D eigenvalue weighted by molar-refractivity contribution is -0.115. The molecular formula is C21H22ClN3O2. The third kappa shape index (κ3) is 4.49. The van der Waals surface area contributed by atoms with Crippen molar-refractivity contribution >= 4 is 23.2 Å². The van der Waals surface area contributed by atoms with Gasteiger partial charge < -0.3 is 10.1 Å². The number of methoxy groups -OCH3 is 1. The van der Waals surface area contributed by atoms with E-state index in [9.17, 15) is 4.79 Å². The molecule has 0 radical (unpaired) electrons. The molecule has 0 aliphatic heterocycles. The lowest BCUT2D eigenvalue weighted by Gasteiger charge is -2.09. The zero-order valence-corrected chi connectivity index (χ0v) is 16.4. The molecule has 27 heavy (non-hydrogen) atoms. The Morgan fingerprint density at radius 1 is 1.15 bits per heavy atom. The van der Waals surface area contributed by atoms with Gasteiger partial charge in [0.25, 0.3) is 0 Å². The first-order valence-corrected chi connectivity index (χ1v) is 9.06. The summed E-state index contributed by atoms with van der Waals surface area (Å²) in [5, 5.41) is 8.25. The van der Waals surface area contributed by atoms with E-state index in [0.717, 1.165) is 34.0 Å². The van der Waals surface area contributed by atoms with Gasteiger partial charge in [0.2, 0.25) is 5.91 Å². The molecule has 0 atom stereocenters. The average molecular weight is 384 g/mol. The van der Waals surface area contributed by atoms with Crippen LogP contribution in [0.5, 0.6) is 5.75 Å². The molecule has 0 saturated heterocycles. The first-order chi connectivity index (χ1) is 13.0. The number of aromatic nitrogens is 2. The molecule has 6 heteroatoms. The van der Waals surface area contributed by atoms with Gasteiger partial charge in [0.1, 0.15) is 5.75 Å². The van der Waals surface area contributed by atoms with E-state index in [1.54, 1.807) is 7.11 Å². The topological polar surface area (TPSA) is 56.1 Å². The van der Waals surface area contributed by atoms with Gasteiger partial charge in [0, 0.05) is 5.02 Å². The highest BCUT2D eigenvalue weighted by molar-refractivity contribution is 6.31. The highest BCUT2D eigenvalue weighted by Gasteiger charge is 2.15. The predicted molar refractivity (Wildman–Crippen MR) is 108 cm³/mol. The summed E-state index contributed by atoms with van der Waals surface area (Å²) >= 11 is 6.25. The molecule has 0 aliphatic carbocycles. The van der Waals surface area contributed by atoms with Crippen molar-refractivity contribution in [3.05, 3.63) is 76.1 Å². The van der Waals surface area contributed by atoms with E-state index < -0.39 is 0 Å². The first kappa shape index (κ1) is 19.0. The molecule has 1 N–H and O–H groups in total. The normalized spacial score (nSPS) is 10.7. The summed E-state index contributed by atoms with van der Waals surface area (Å²) in [6.45, 7) is 4.39. The van der Waals surface area contributed by atoms with Crippen LogP contribution in [0.2, 0.25) is 5.02 Å². The fraction of sp³-hybridized carbons (Fsp3) is 0.238. The zero-order chi connectivity index (χ0) is 19.4. The van der Waals surface area contributed by atoms with Gasteiger partial charge in [-0.1, -0.05) is 41.9 Å². The van der Waals surface area contributed by atoms with Crippen molar-refractivity contribution in [2.75, 3.05) is 12.4 Å². The van der Waals surface area contributed by atoms with E-state index >= 15 is 0 Å². The van der Waals surface area contributed by atoms with Gasteiger partial charge in [-0.3, -0.25) is 9.48 Å². The van der Waals surface area contributed by atoms with Crippen LogP contribution in [0.25, 0.3) is 0 Å². The van der Waals surface area contributed by atoms with E-state index in [1.165, 1.54) is 0 Å². The molecular weight excluding hydrogens is 362 g/mol. The van der Waals surface area contributed by atoms with Crippen LogP contribution in [-0.4, -0.2) is 22.8 Å². The monoisotopic (exact) mass is 383 g/mol. The van der Waals surface area contributed by atoms with E-state index in [2.05, 4.69) is 10.4 Å². The SMILES string of the molecule is COc1ccc(CC(=O)Nc2c(C)nn(Cc3ccccc3Cl)c2C)cc1. The summed E-state index contributed by atoms with van der Waals surface area (Å²) in [6, 6.07) is 15.2. The number of carbonyl (C=O) groups excluding carboxylic acids is 1. The molecule has 0 aliphatic rings. The fourth-order valence-electron chi connectivity index (χ4n) is 2.93. The summed E-state index contributed by atoms with van der Waals surface area (Å²) in [5.74, 6) is 0.690. The lowest BCUT2D eigenvalue weighted by atomic mass is 10.1. The molecule has 0 fully saturated rings. The number of nitrogens with zero attached hydrogens (tertiary/aromatic N) is 2. The smallest absolute Gasteiger partial charge is 0.228 e. The molecule has 0 bridgehead atoms. The predicted octanol–water partition coefficient (Wildman–Crippen LogP) is 4.39. The van der Waals surface area contributed by atoms with Crippen molar-refractivity contribution in [1.82, 2.24) is 9.78 Å². The molecule has 0 unspecified atom stereocenters. The maximum atomic E-state index is 12.5. The van der Waals surface area contributed by atoms with Crippen molar-refractivity contribution in [2.45, 2.75) is 26.8 Å². The summed E-state index contributed by atoms with van der Waals surface area (Å²) in [6.07, 6.45) is 0.290. The van der Waals surface area contributed by atoms with Crippen LogP contribution >= 0.6 is 11.6 Å². The van der Waals surface area contributed by atoms with Crippen LogP contribution in [0.15, 0.2) is 48.5 Å². The minimum absolute atomic E-state index is 0.0799. The summed E-state index contributed by atoms with van der Waals surface area (Å²) < 4.78 is 7.00. The number of ether oxygens (including phenoxy) is 1. The molecule has 1 aromatic heterocycles. The molecule has 0 saturated carbocycles. The van der Waals surface area contributed by atoms with Gasteiger partial charge >= 0.3 is 0 Å². The molecule has 1 amide bonds.